The maximum absolute atomic E-state index is 6.44. The summed E-state index contributed by atoms with van der Waals surface area (Å²) in [6.07, 6.45) is 27.6. The summed E-state index contributed by atoms with van der Waals surface area (Å²) in [6.45, 7) is 37.0. The van der Waals surface area contributed by atoms with Crippen molar-refractivity contribution in [3.63, 3.8) is 0 Å². The Morgan fingerprint density at radius 2 is 0.559 bits per heavy atom. The molecule has 0 saturated heterocycles. The first-order chi connectivity index (χ1) is 65.5. The van der Waals surface area contributed by atoms with E-state index in [1.54, 1.807) is 0 Å². The van der Waals surface area contributed by atoms with Gasteiger partial charge in [-0.15, -0.1) is 0 Å². The third-order valence-corrected chi connectivity index (χ3v) is 28.5. The predicted octanol–water partition coefficient (Wildman–Crippen LogP) is 29.0. The van der Waals surface area contributed by atoms with Crippen molar-refractivity contribution in [1.82, 2.24) is 24.9 Å². The average Bonchev–Trinajstić information content (AvgIpc) is 1.69. The van der Waals surface area contributed by atoms with Gasteiger partial charge >= 0.3 is 0 Å². The lowest BCUT2D eigenvalue weighted by Crippen LogP contribution is -2.31. The zero-order valence-electron chi connectivity index (χ0n) is 83.9. The summed E-state index contributed by atoms with van der Waals surface area (Å²) < 4.78 is 42.7. The van der Waals surface area contributed by atoms with Gasteiger partial charge in [-0.1, -0.05) is 169 Å². The molecule has 0 amide bonds. The largest absolute Gasteiger partial charge is 0.437 e. The number of benzene rings is 5. The van der Waals surface area contributed by atoms with Crippen LogP contribution in [0, 0.1) is 47.0 Å². The van der Waals surface area contributed by atoms with E-state index in [1.807, 2.05) is 13.0 Å². The molecule has 15 heterocycles. The molecule has 2 aliphatic rings. The van der Waals surface area contributed by atoms with E-state index in [9.17, 15) is 0 Å². The van der Waals surface area contributed by atoms with Crippen molar-refractivity contribution < 1.29 is 44.9 Å². The number of hydrogen-bond donors (Lipinski definition) is 0. The molecule has 15 nitrogen and oxygen atoms in total. The van der Waals surface area contributed by atoms with Crippen LogP contribution in [0.3, 0.4) is 0 Å². The van der Waals surface area contributed by atoms with Crippen LogP contribution in [0.15, 0.2) is 235 Å². The highest BCUT2D eigenvalue weighted by Gasteiger charge is 2.31. The van der Waals surface area contributed by atoms with E-state index >= 15 is 0 Å². The predicted molar refractivity (Wildman–Crippen MR) is 555 cm³/mol. The van der Waals surface area contributed by atoms with Crippen LogP contribution in [0.4, 0.5) is 0 Å². The minimum Gasteiger partial charge on any atom is -0.437 e. The van der Waals surface area contributed by atoms with Crippen LogP contribution in [0.5, 0.6) is 0 Å². The molecular weight excluding hydrogens is 1670 g/mol. The van der Waals surface area contributed by atoms with Crippen molar-refractivity contribution in [3.8, 4) is 56.3 Å². The SMILES string of the molecule is CCc1ccc(-c2c(C)ccc3c2oc2nc(C4CCCC4)ccc23)[n+](C)c1.CCc1ccc(-c2c(C)ccc3c2oc2nc(C4CCCCC4)ccc23)[n+](C)c1.CCc1ccc(-c2c(C)ccc3c2oc2nc(CC(C)(C)C)ccc23)[n+](C)c1.CCc1ccc2c(n1)oc1c(-c3ccc(C(C)C)c[n+]3C)c(C)ccc12.Cc1ccc2c(n1)oc1c(-c3ccc(C(C)C)c[n+]3C)c(C)ccc12. The van der Waals surface area contributed by atoms with Crippen LogP contribution >= 0.6 is 0 Å². The fraction of sp³-hybridized carbons (Fsp3) is 0.339. The number of fused-ring (bicyclic) bond motifs is 15. The Kier molecular flexibility index (Phi) is 26.5. The second kappa shape index (κ2) is 38.8. The summed E-state index contributed by atoms with van der Waals surface area (Å²) in [5.74, 6) is 2.20. The Morgan fingerprint density at radius 1 is 0.287 bits per heavy atom. The van der Waals surface area contributed by atoms with Crippen molar-refractivity contribution in [2.24, 2.45) is 40.7 Å². The van der Waals surface area contributed by atoms with E-state index in [-0.39, 0.29) is 5.41 Å². The van der Waals surface area contributed by atoms with Crippen molar-refractivity contribution in [3.05, 3.63) is 297 Å². The first-order valence-electron chi connectivity index (χ1n) is 49.6. The highest BCUT2D eigenvalue weighted by atomic mass is 16.4. The Labute approximate surface area is 800 Å². The topological polar surface area (TPSA) is 150 Å². The van der Waals surface area contributed by atoms with Crippen LogP contribution in [-0.4, -0.2) is 24.9 Å². The third-order valence-electron chi connectivity index (χ3n) is 28.5. The minimum atomic E-state index is 0.198. The molecule has 0 bridgehead atoms. The first-order valence-corrected chi connectivity index (χ1v) is 49.6. The van der Waals surface area contributed by atoms with Crippen molar-refractivity contribution in [2.45, 2.75) is 231 Å². The van der Waals surface area contributed by atoms with Gasteiger partial charge in [0.15, 0.2) is 58.9 Å². The van der Waals surface area contributed by atoms with Crippen LogP contribution in [0.1, 0.15) is 242 Å². The molecule has 20 aromatic rings. The fourth-order valence-corrected chi connectivity index (χ4v) is 20.7. The standard InChI is InChI=1S/C26H29N2O.C25H27N2O.C25H29N2O.C23H25N2O.C22H23N2O/c1-4-18-11-15-23(28(3)16-18)24-17(2)10-12-20-21-13-14-22(19-8-6-5-7-9-19)27-26(21)29-25(20)24;1-4-17-10-14-22(27(3)15-17)23-16(2)9-11-19-20-12-13-21(18-7-5-6-8-18)26-25(20)28-24(19)23;1-7-17-9-13-21(27(6)15-17)22-16(2)8-11-19-20-12-10-18(14-25(3,4)5)26-24(20)28-23(19)22;1-6-17-9-11-19-18-10-7-15(4)21(22(18)26-23(19)24-17)20-12-8-16(14(2)3)13-25(20)5;1-13(2)16-8-11-19(24(5)12-16)20-14(3)6-9-17-18-10-7-15(4)23-22(18)25-21(17)20/h10-16,19H,4-9H2,1-3H3;9-15,18H,4-8H2,1-3H3;8-13,15H,7,14H2,1-6H3;7-14H,6H2,1-5H3;6-13H,1-5H3/q5*+1. The molecule has 0 radical (unpaired) electrons. The average molecular weight is 1810 g/mol. The number of aromatic nitrogens is 10. The monoisotopic (exact) mass is 1810 g/mol. The van der Waals surface area contributed by atoms with Gasteiger partial charge in [0.2, 0.25) is 57.0 Å². The Balaban J connectivity index is 0.000000113. The smallest absolute Gasteiger partial charge is 0.227 e. The Hall–Kier alpha value is -13.4. The second-order valence-electron chi connectivity index (χ2n) is 40.3. The van der Waals surface area contributed by atoms with Gasteiger partial charge in [-0.2, -0.15) is 0 Å². The van der Waals surface area contributed by atoms with Gasteiger partial charge in [0, 0.05) is 152 Å². The van der Waals surface area contributed by atoms with Crippen molar-refractivity contribution in [1.29, 1.82) is 0 Å². The molecule has 0 unspecified atom stereocenters. The van der Waals surface area contributed by atoms with Gasteiger partial charge in [-0.25, -0.2) is 47.8 Å². The zero-order chi connectivity index (χ0) is 95.4. The van der Waals surface area contributed by atoms with Gasteiger partial charge in [0.25, 0.3) is 0 Å². The quantitative estimate of drug-likeness (QED) is 0.0963. The molecule has 136 heavy (non-hydrogen) atoms. The molecule has 0 spiro atoms. The lowest BCUT2D eigenvalue weighted by atomic mass is 9.86. The first kappa shape index (κ1) is 93.0. The molecule has 2 aliphatic carbocycles. The molecular formula is C121H133N10O5+5. The summed E-state index contributed by atoms with van der Waals surface area (Å²) in [4.78, 5) is 24.0. The van der Waals surface area contributed by atoms with E-state index in [4.69, 9.17) is 37.0 Å². The summed E-state index contributed by atoms with van der Waals surface area (Å²) in [5, 5.41) is 11.2. The van der Waals surface area contributed by atoms with E-state index in [0.29, 0.717) is 29.4 Å². The van der Waals surface area contributed by atoms with Crippen molar-refractivity contribution in [2.75, 3.05) is 0 Å². The van der Waals surface area contributed by atoms with Crippen LogP contribution in [0.2, 0.25) is 0 Å². The molecule has 0 aliphatic heterocycles. The van der Waals surface area contributed by atoms with Gasteiger partial charge in [0.1, 0.15) is 35.2 Å². The Bertz CT molecular complexity index is 7950. The lowest BCUT2D eigenvalue weighted by molar-refractivity contribution is -0.661. The maximum Gasteiger partial charge on any atom is 0.227 e. The van der Waals surface area contributed by atoms with E-state index in [1.165, 1.54) is 147 Å². The zero-order valence-corrected chi connectivity index (χ0v) is 83.9. The van der Waals surface area contributed by atoms with E-state index < -0.39 is 0 Å². The molecule has 15 aromatic heterocycles. The third kappa shape index (κ3) is 18.5. The van der Waals surface area contributed by atoms with Gasteiger partial charge < -0.3 is 22.1 Å². The summed E-state index contributed by atoms with van der Waals surface area (Å²) >= 11 is 0. The molecule has 15 heteroatoms. The highest BCUT2D eigenvalue weighted by molar-refractivity contribution is 6.13. The fourth-order valence-electron chi connectivity index (χ4n) is 20.7. The maximum atomic E-state index is 6.44. The van der Waals surface area contributed by atoms with Gasteiger partial charge in [0.05, 0.1) is 27.8 Å². The van der Waals surface area contributed by atoms with Gasteiger partial charge in [-0.3, -0.25) is 0 Å². The summed E-state index contributed by atoms with van der Waals surface area (Å²) in [5.41, 5.74) is 38.5. The molecule has 692 valence electrons. The number of hydrogen-bond acceptors (Lipinski definition) is 10. The van der Waals surface area contributed by atoms with Crippen LogP contribution in [-0.2, 0) is 67.3 Å². The molecule has 2 saturated carbocycles. The second-order valence-corrected chi connectivity index (χ2v) is 40.3. The summed E-state index contributed by atoms with van der Waals surface area (Å²) in [7, 11) is 10.6. The van der Waals surface area contributed by atoms with E-state index in [0.717, 1.165) is 188 Å². The number of nitrogens with zero attached hydrogens (tertiary/aromatic N) is 10. The summed E-state index contributed by atoms with van der Waals surface area (Å²) in [6, 6.07) is 65.4. The minimum absolute atomic E-state index is 0.198. The number of pyridine rings is 10. The van der Waals surface area contributed by atoms with Crippen LogP contribution < -0.4 is 22.8 Å². The molecule has 0 atom stereocenters. The normalized spacial score (nSPS) is 13.3. The van der Waals surface area contributed by atoms with Gasteiger partial charge in [-0.05, 0) is 235 Å². The van der Waals surface area contributed by atoms with E-state index in [2.05, 4.69) is 386 Å². The molecule has 5 aromatic carbocycles. The lowest BCUT2D eigenvalue weighted by Gasteiger charge is -2.20. The Morgan fingerprint density at radius 3 is 0.860 bits per heavy atom. The highest BCUT2D eigenvalue weighted by Crippen LogP contribution is 2.45. The van der Waals surface area contributed by atoms with Crippen LogP contribution in [0.25, 0.3) is 167 Å². The van der Waals surface area contributed by atoms with Crippen molar-refractivity contribution >= 4 is 110 Å². The number of aryl methyl sites for hydroxylation is 15. The molecule has 2 fully saturated rings. The number of rotatable bonds is 14. The molecule has 22 rings (SSSR count). The number of furan rings is 5. The molecule has 0 N–H and O–H groups in total.